The van der Waals surface area contributed by atoms with Crippen LogP contribution in [0.1, 0.15) is 65.6 Å². The van der Waals surface area contributed by atoms with Crippen molar-refractivity contribution in [1.82, 2.24) is 30.0 Å². The van der Waals surface area contributed by atoms with E-state index in [0.717, 1.165) is 5.56 Å². The molecule has 12 nitrogen and oxygen atoms in total. The molecule has 13 heteroatoms. The molecule has 3 aromatic rings. The molecule has 0 saturated carbocycles. The number of nitriles is 1. The normalized spacial score (nSPS) is 15.4. The van der Waals surface area contributed by atoms with E-state index in [1.165, 1.54) is 20.4 Å². The third-order valence-electron chi connectivity index (χ3n) is 6.53. The van der Waals surface area contributed by atoms with Gasteiger partial charge in [0.2, 0.25) is 5.88 Å². The van der Waals surface area contributed by atoms with E-state index < -0.39 is 18.2 Å². The largest absolute Gasteiger partial charge is 0.479 e. The van der Waals surface area contributed by atoms with Gasteiger partial charge in [0.1, 0.15) is 5.69 Å². The van der Waals surface area contributed by atoms with Crippen LogP contribution in [0, 0.1) is 11.3 Å². The van der Waals surface area contributed by atoms with Gasteiger partial charge in [0.15, 0.2) is 11.9 Å². The summed E-state index contributed by atoms with van der Waals surface area (Å²) in [4.78, 5) is 23.6. The van der Waals surface area contributed by atoms with Gasteiger partial charge in [0, 0.05) is 18.8 Å². The van der Waals surface area contributed by atoms with Gasteiger partial charge in [0.05, 0.1) is 61.1 Å². The molecule has 0 saturated heterocycles. The Balaban J connectivity index is 2.02. The summed E-state index contributed by atoms with van der Waals surface area (Å²) in [5.41, 5.74) is 3.44. The zero-order valence-electron chi connectivity index (χ0n) is 24.1. The number of nitrogens with one attached hydrogen (secondary N) is 1. The second-order valence-corrected chi connectivity index (χ2v) is 10.1. The van der Waals surface area contributed by atoms with E-state index in [0.29, 0.717) is 28.2 Å². The van der Waals surface area contributed by atoms with Gasteiger partial charge >= 0.3 is 12.0 Å². The molecular weight excluding hydrogens is 562 g/mol. The number of halogens is 1. The van der Waals surface area contributed by atoms with Crippen molar-refractivity contribution in [2.24, 2.45) is 0 Å². The first kappa shape index (κ1) is 30.4. The second kappa shape index (κ2) is 12.9. The lowest BCUT2D eigenvalue weighted by molar-refractivity contribution is 0.0517. The van der Waals surface area contributed by atoms with Crippen LogP contribution in [0.5, 0.6) is 11.9 Å². The zero-order chi connectivity index (χ0) is 30.6. The van der Waals surface area contributed by atoms with Crippen LogP contribution >= 0.6 is 11.6 Å². The molecule has 0 fully saturated rings. The molecule has 1 aliphatic rings. The quantitative estimate of drug-likeness (QED) is 0.331. The number of carbonyl (C=O) groups is 1. The third kappa shape index (κ3) is 6.02. The van der Waals surface area contributed by atoms with Crippen LogP contribution in [0.15, 0.2) is 53.5 Å². The van der Waals surface area contributed by atoms with Crippen LogP contribution < -0.4 is 14.8 Å². The van der Waals surface area contributed by atoms with Gasteiger partial charge in [0.25, 0.3) is 0 Å². The summed E-state index contributed by atoms with van der Waals surface area (Å²) >= 11 is 6.34. The topological polar surface area (TPSA) is 148 Å². The summed E-state index contributed by atoms with van der Waals surface area (Å²) < 4.78 is 17.7. The molecule has 2 unspecified atom stereocenters. The molecule has 0 spiro atoms. The molecule has 3 heterocycles. The van der Waals surface area contributed by atoms with Gasteiger partial charge in [-0.15, -0.1) is 0 Å². The summed E-state index contributed by atoms with van der Waals surface area (Å²) in [6.45, 7) is 5.80. The van der Waals surface area contributed by atoms with Gasteiger partial charge in [-0.2, -0.15) is 15.3 Å². The first-order valence-corrected chi connectivity index (χ1v) is 13.5. The molecule has 2 atom stereocenters. The summed E-state index contributed by atoms with van der Waals surface area (Å²) in [6, 6.07) is 8.56. The van der Waals surface area contributed by atoms with Crippen molar-refractivity contribution < 1.29 is 24.1 Å². The van der Waals surface area contributed by atoms with Crippen LogP contribution in [-0.2, 0) is 4.74 Å². The number of aliphatic hydroxyl groups excluding tert-OH is 1. The fourth-order valence-electron chi connectivity index (χ4n) is 4.62. The highest BCUT2D eigenvalue weighted by Gasteiger charge is 2.34. The van der Waals surface area contributed by atoms with Crippen LogP contribution in [0.3, 0.4) is 0 Å². The first-order valence-electron chi connectivity index (χ1n) is 13.1. The molecule has 0 radical (unpaired) electrons. The van der Waals surface area contributed by atoms with Gasteiger partial charge in [-0.25, -0.2) is 14.5 Å². The Morgan fingerprint density at radius 2 is 1.95 bits per heavy atom. The minimum absolute atomic E-state index is 0.0696. The molecule has 0 aliphatic carbocycles. The first-order chi connectivity index (χ1) is 20.1. The molecule has 2 aromatic heterocycles. The average Bonchev–Trinajstić information content (AvgIpc) is 3.39. The Morgan fingerprint density at radius 1 is 1.24 bits per heavy atom. The maximum atomic E-state index is 13.5. The van der Waals surface area contributed by atoms with Crippen molar-refractivity contribution in [1.29, 1.82) is 5.26 Å². The molecule has 0 bridgehead atoms. The smallest absolute Gasteiger partial charge is 0.359 e. The molecule has 1 aliphatic heterocycles. The second-order valence-electron chi connectivity index (χ2n) is 9.65. The highest BCUT2D eigenvalue weighted by Crippen LogP contribution is 2.37. The average molecular weight is 594 g/mol. The van der Waals surface area contributed by atoms with Crippen molar-refractivity contribution >= 4 is 17.6 Å². The number of aromatic nitrogens is 4. The van der Waals surface area contributed by atoms with E-state index in [4.69, 9.17) is 30.9 Å². The molecule has 1 aromatic carbocycles. The number of ether oxygens (including phenoxy) is 3. The van der Waals surface area contributed by atoms with Crippen molar-refractivity contribution in [2.75, 3.05) is 27.9 Å². The van der Waals surface area contributed by atoms with Crippen LogP contribution in [0.4, 0.5) is 0 Å². The Bertz CT molecular complexity index is 1560. The minimum Gasteiger partial charge on any atom is -0.479 e. The number of carbonyl (C=O) groups excluding carboxylic acids is 1. The van der Waals surface area contributed by atoms with Gasteiger partial charge in [-0.1, -0.05) is 37.6 Å². The monoisotopic (exact) mass is 593 g/mol. The van der Waals surface area contributed by atoms with Gasteiger partial charge in [-0.3, -0.25) is 0 Å². The number of likely N-dealkylation sites (N-methyl/N-ethyl adjacent to an activating group) is 1. The third-order valence-corrected chi connectivity index (χ3v) is 6.84. The number of nitrogens with zero attached hydrogens (tertiary/aromatic N) is 6. The van der Waals surface area contributed by atoms with Crippen molar-refractivity contribution in [3.8, 4) is 23.6 Å². The summed E-state index contributed by atoms with van der Waals surface area (Å²) in [5.74, 6) is -0.605. The number of rotatable bonds is 10. The minimum atomic E-state index is -0.989. The summed E-state index contributed by atoms with van der Waals surface area (Å²) in [6.07, 6.45) is 3.84. The maximum Gasteiger partial charge on any atom is 0.359 e. The van der Waals surface area contributed by atoms with E-state index >= 15 is 0 Å². The molecule has 4 rings (SSSR count). The fourth-order valence-corrected chi connectivity index (χ4v) is 4.89. The van der Waals surface area contributed by atoms with Crippen LogP contribution in [-0.4, -0.2) is 69.8 Å². The molecule has 0 amide bonds. The zero-order valence-corrected chi connectivity index (χ0v) is 24.9. The Morgan fingerprint density at radius 3 is 2.52 bits per heavy atom. The summed E-state index contributed by atoms with van der Waals surface area (Å²) in [5, 5.41) is 28.1. The van der Waals surface area contributed by atoms with Crippen LogP contribution in [0.25, 0.3) is 5.69 Å². The fraction of sp³-hybridized carbons (Fsp3) is 0.345. The van der Waals surface area contributed by atoms with Crippen molar-refractivity contribution in [2.45, 2.75) is 39.0 Å². The molecule has 42 heavy (non-hydrogen) atoms. The molecule has 220 valence electrons. The van der Waals surface area contributed by atoms with E-state index in [1.54, 1.807) is 60.1 Å². The number of allylic oxidation sites excluding steroid dienone is 1. The predicted octanol–water partition coefficient (Wildman–Crippen LogP) is 3.76. The van der Waals surface area contributed by atoms with E-state index in [1.807, 2.05) is 13.8 Å². The Labute approximate surface area is 248 Å². The van der Waals surface area contributed by atoms with E-state index in [9.17, 15) is 15.2 Å². The van der Waals surface area contributed by atoms with Crippen molar-refractivity contribution in [3.63, 3.8) is 0 Å². The number of esters is 1. The standard InChI is InChI=1S/C29H32ClN7O5/c1-7-42-28(39)24-22(25(16(2)3)37(35-24)21-14-32-29(41-6)34-26(21)40-5)23(18-10-8-17(13-31)9-11-18)33-19-12-20(30)27(38)36(4)15-19/h8-12,14-16,23,27,33,38H,7H2,1-6H3. The highest BCUT2D eigenvalue weighted by atomic mass is 35.5. The number of hydrogen-bond donors (Lipinski definition) is 2. The van der Waals surface area contributed by atoms with Crippen molar-refractivity contribution in [3.05, 3.63) is 81.5 Å². The Hall–Kier alpha value is -4.60. The molecular formula is C29H32ClN7O5. The maximum absolute atomic E-state index is 13.5. The van der Waals surface area contributed by atoms with Crippen LogP contribution in [0.2, 0.25) is 0 Å². The van der Waals surface area contributed by atoms with E-state index in [2.05, 4.69) is 21.4 Å². The highest BCUT2D eigenvalue weighted by molar-refractivity contribution is 6.30. The summed E-state index contributed by atoms with van der Waals surface area (Å²) in [7, 11) is 4.61. The Kier molecular flexibility index (Phi) is 9.35. The van der Waals surface area contributed by atoms with Gasteiger partial charge in [-0.05, 0) is 36.6 Å². The lowest BCUT2D eigenvalue weighted by atomic mass is 9.91. The number of methoxy groups -OCH3 is 2. The lowest BCUT2D eigenvalue weighted by Crippen LogP contribution is -2.33. The van der Waals surface area contributed by atoms with E-state index in [-0.39, 0.29) is 35.1 Å². The number of benzene rings is 1. The lowest BCUT2D eigenvalue weighted by Gasteiger charge is -2.30. The SMILES string of the molecule is CCOC(=O)c1nn(-c2cnc(OC)nc2OC)c(C(C)C)c1C(NC1=CN(C)C(O)C(Cl)=C1)c1ccc(C#N)cc1. The predicted molar refractivity (Wildman–Crippen MR) is 154 cm³/mol. The number of hydrogen-bond acceptors (Lipinski definition) is 11. The number of aliphatic hydroxyl groups is 1. The van der Waals surface area contributed by atoms with Gasteiger partial charge < -0.3 is 29.5 Å². The molecule has 2 N–H and O–H groups in total.